The lowest BCUT2D eigenvalue weighted by molar-refractivity contribution is 0.410. The summed E-state index contributed by atoms with van der Waals surface area (Å²) in [5.74, 6) is 0.755. The lowest BCUT2D eigenvalue weighted by atomic mass is 9.96. The normalized spacial score (nSPS) is 16.8. The summed E-state index contributed by atoms with van der Waals surface area (Å²) in [4.78, 5) is 8.45. The van der Waals surface area contributed by atoms with Crippen molar-refractivity contribution >= 4 is 16.0 Å². The van der Waals surface area contributed by atoms with E-state index in [-0.39, 0.29) is 11.4 Å². The van der Waals surface area contributed by atoms with Crippen LogP contribution in [-0.4, -0.2) is 45.0 Å². The number of nitrogens with one attached hydrogen (secondary N) is 3. The van der Waals surface area contributed by atoms with Gasteiger partial charge in [0.2, 0.25) is 10.0 Å². The van der Waals surface area contributed by atoms with Gasteiger partial charge in [-0.1, -0.05) is 19.3 Å². The number of aromatic nitrogens is 1. The molecule has 24 heavy (non-hydrogen) atoms. The summed E-state index contributed by atoms with van der Waals surface area (Å²) >= 11 is 0. The van der Waals surface area contributed by atoms with Gasteiger partial charge in [-0.05, 0) is 31.9 Å². The minimum Gasteiger partial charge on any atom is -0.357 e. The largest absolute Gasteiger partial charge is 0.357 e. The Morgan fingerprint density at radius 3 is 2.79 bits per heavy atom. The summed E-state index contributed by atoms with van der Waals surface area (Å²) in [5.41, 5.74) is 0. The molecule has 1 fully saturated rings. The second-order valence-electron chi connectivity index (χ2n) is 5.83. The Hall–Kier alpha value is -1.67. The number of guanidine groups is 1. The van der Waals surface area contributed by atoms with Gasteiger partial charge in [-0.2, -0.15) is 0 Å². The number of aliphatic imine (C=N–C) groups is 1. The van der Waals surface area contributed by atoms with Gasteiger partial charge in [0.05, 0.1) is 6.54 Å². The number of hydrogen-bond acceptors (Lipinski definition) is 4. The van der Waals surface area contributed by atoms with Crippen molar-refractivity contribution < 1.29 is 8.42 Å². The van der Waals surface area contributed by atoms with E-state index < -0.39 is 10.0 Å². The molecule has 2 rings (SSSR count). The van der Waals surface area contributed by atoms with Crippen molar-refractivity contribution in [3.05, 3.63) is 24.5 Å². The molecule has 0 radical (unpaired) electrons. The van der Waals surface area contributed by atoms with Gasteiger partial charge in [-0.15, -0.1) is 0 Å². The second kappa shape index (κ2) is 9.58. The minimum atomic E-state index is -3.52. The van der Waals surface area contributed by atoms with Crippen LogP contribution in [0.15, 0.2) is 34.4 Å². The molecule has 7 nitrogen and oxygen atoms in total. The highest BCUT2D eigenvalue weighted by molar-refractivity contribution is 7.89. The van der Waals surface area contributed by atoms with Gasteiger partial charge in [0.15, 0.2) is 5.96 Å². The molecule has 3 N–H and O–H groups in total. The monoisotopic (exact) mass is 353 g/mol. The van der Waals surface area contributed by atoms with E-state index in [1.165, 1.54) is 31.5 Å². The molecular weight excluding hydrogens is 326 g/mol. The standard InChI is InChI=1S/C16H27N5O2S/c1-2-18-16(21-14-7-4-3-5-8-14)19-11-12-20-24(22,23)15-9-6-10-17-13-15/h6,9-10,13-14,20H,2-5,7-8,11-12H2,1H3,(H2,18,19,21). The number of nitrogens with zero attached hydrogens (tertiary/aromatic N) is 2. The summed E-state index contributed by atoms with van der Waals surface area (Å²) < 4.78 is 26.7. The third-order valence-electron chi connectivity index (χ3n) is 3.91. The molecule has 0 amide bonds. The van der Waals surface area contributed by atoms with E-state index >= 15 is 0 Å². The van der Waals surface area contributed by atoms with E-state index in [9.17, 15) is 8.42 Å². The maximum absolute atomic E-state index is 12.1. The summed E-state index contributed by atoms with van der Waals surface area (Å²) in [6.07, 6.45) is 9.02. The molecule has 134 valence electrons. The molecule has 1 aliphatic rings. The van der Waals surface area contributed by atoms with E-state index in [0.29, 0.717) is 12.6 Å². The fraction of sp³-hybridized carbons (Fsp3) is 0.625. The first-order valence-electron chi connectivity index (χ1n) is 8.56. The van der Waals surface area contributed by atoms with Crippen LogP contribution in [0.2, 0.25) is 0 Å². The average molecular weight is 353 g/mol. The quantitative estimate of drug-likeness (QED) is 0.389. The highest BCUT2D eigenvalue weighted by atomic mass is 32.2. The molecule has 0 saturated heterocycles. The van der Waals surface area contributed by atoms with E-state index in [1.54, 1.807) is 12.3 Å². The Morgan fingerprint density at radius 2 is 2.12 bits per heavy atom. The van der Waals surface area contributed by atoms with Crippen LogP contribution in [0.5, 0.6) is 0 Å². The van der Waals surface area contributed by atoms with Crippen LogP contribution >= 0.6 is 0 Å². The molecular formula is C16H27N5O2S. The molecule has 0 unspecified atom stereocenters. The van der Waals surface area contributed by atoms with Crippen LogP contribution in [0.3, 0.4) is 0 Å². The predicted octanol–water partition coefficient (Wildman–Crippen LogP) is 1.25. The topological polar surface area (TPSA) is 95.5 Å². The Labute approximate surface area is 144 Å². The molecule has 0 bridgehead atoms. The zero-order chi connectivity index (χ0) is 17.3. The van der Waals surface area contributed by atoms with Gasteiger partial charge in [0, 0.05) is 31.5 Å². The minimum absolute atomic E-state index is 0.168. The van der Waals surface area contributed by atoms with Crippen molar-refractivity contribution in [3.63, 3.8) is 0 Å². The molecule has 1 aliphatic carbocycles. The molecule has 8 heteroatoms. The first-order valence-corrected chi connectivity index (χ1v) is 10.0. The van der Waals surface area contributed by atoms with Crippen LogP contribution < -0.4 is 15.4 Å². The number of sulfonamides is 1. The molecule has 0 aromatic carbocycles. The molecule has 1 heterocycles. The highest BCUT2D eigenvalue weighted by Gasteiger charge is 2.15. The first-order chi connectivity index (χ1) is 11.6. The molecule has 1 saturated carbocycles. The lowest BCUT2D eigenvalue weighted by Gasteiger charge is -2.24. The Bertz CT molecular complexity index is 613. The van der Waals surface area contributed by atoms with Crippen molar-refractivity contribution in [2.24, 2.45) is 4.99 Å². The fourth-order valence-corrected chi connectivity index (χ4v) is 3.68. The molecule has 0 spiro atoms. The molecule has 1 aromatic rings. The van der Waals surface area contributed by atoms with Gasteiger partial charge in [-0.25, -0.2) is 13.1 Å². The number of pyridine rings is 1. The SMILES string of the molecule is CCNC(=NCCNS(=O)(=O)c1cccnc1)NC1CCCCC1. The zero-order valence-electron chi connectivity index (χ0n) is 14.2. The van der Waals surface area contributed by atoms with Gasteiger partial charge in [0.25, 0.3) is 0 Å². The third-order valence-corrected chi connectivity index (χ3v) is 5.35. The van der Waals surface area contributed by atoms with E-state index in [0.717, 1.165) is 25.3 Å². The number of rotatable bonds is 7. The molecule has 0 atom stereocenters. The Kier molecular flexibility index (Phi) is 7.45. The van der Waals surface area contributed by atoms with Crippen molar-refractivity contribution in [1.82, 2.24) is 20.3 Å². The maximum Gasteiger partial charge on any atom is 0.242 e. The predicted molar refractivity (Wildman–Crippen MR) is 95.4 cm³/mol. The van der Waals surface area contributed by atoms with Crippen molar-refractivity contribution in [2.45, 2.75) is 50.0 Å². The Morgan fingerprint density at radius 1 is 1.33 bits per heavy atom. The zero-order valence-corrected chi connectivity index (χ0v) is 15.0. The maximum atomic E-state index is 12.1. The summed E-state index contributed by atoms with van der Waals surface area (Å²) in [6.45, 7) is 3.42. The summed E-state index contributed by atoms with van der Waals surface area (Å²) in [5, 5.41) is 6.65. The van der Waals surface area contributed by atoms with Gasteiger partial charge < -0.3 is 10.6 Å². The smallest absolute Gasteiger partial charge is 0.242 e. The number of hydrogen-bond donors (Lipinski definition) is 3. The Balaban J connectivity index is 1.83. The van der Waals surface area contributed by atoms with E-state index in [2.05, 4.69) is 25.3 Å². The van der Waals surface area contributed by atoms with E-state index in [1.807, 2.05) is 6.92 Å². The van der Waals surface area contributed by atoms with Gasteiger partial charge in [-0.3, -0.25) is 9.98 Å². The van der Waals surface area contributed by atoms with Crippen LogP contribution in [0.25, 0.3) is 0 Å². The summed E-state index contributed by atoms with van der Waals surface area (Å²) in [6, 6.07) is 3.58. The molecule has 1 aromatic heterocycles. The van der Waals surface area contributed by atoms with Gasteiger partial charge in [0.1, 0.15) is 4.90 Å². The fourth-order valence-electron chi connectivity index (χ4n) is 2.70. The molecule has 0 aliphatic heterocycles. The third kappa shape index (κ3) is 6.09. The van der Waals surface area contributed by atoms with Crippen LogP contribution in [0.4, 0.5) is 0 Å². The van der Waals surface area contributed by atoms with Crippen molar-refractivity contribution in [1.29, 1.82) is 0 Å². The first kappa shape index (κ1) is 18.7. The van der Waals surface area contributed by atoms with Crippen LogP contribution in [-0.2, 0) is 10.0 Å². The van der Waals surface area contributed by atoms with Crippen LogP contribution in [0, 0.1) is 0 Å². The van der Waals surface area contributed by atoms with Crippen molar-refractivity contribution in [3.8, 4) is 0 Å². The van der Waals surface area contributed by atoms with Crippen LogP contribution in [0.1, 0.15) is 39.0 Å². The van der Waals surface area contributed by atoms with Gasteiger partial charge >= 0.3 is 0 Å². The second-order valence-corrected chi connectivity index (χ2v) is 7.59. The van der Waals surface area contributed by atoms with E-state index in [4.69, 9.17) is 0 Å². The lowest BCUT2D eigenvalue weighted by Crippen LogP contribution is -2.44. The van der Waals surface area contributed by atoms with Crippen molar-refractivity contribution in [2.75, 3.05) is 19.6 Å². The average Bonchev–Trinajstić information content (AvgIpc) is 2.60. The highest BCUT2D eigenvalue weighted by Crippen LogP contribution is 2.17. The summed E-state index contributed by atoms with van der Waals surface area (Å²) in [7, 11) is -3.52.